The van der Waals surface area contributed by atoms with Crippen molar-refractivity contribution in [1.29, 1.82) is 0 Å². The third-order valence-electron chi connectivity index (χ3n) is 5.33. The number of aryl methyl sites for hydroxylation is 1. The lowest BCUT2D eigenvalue weighted by molar-refractivity contribution is 0.0737. The molecule has 150 valence electrons. The van der Waals surface area contributed by atoms with Crippen LogP contribution in [0.25, 0.3) is 32.9 Å². The quantitative estimate of drug-likeness (QED) is 0.227. The smallest absolute Gasteiger partial charge is 0.344 e. The molecule has 4 aromatic carbocycles. The molecule has 0 aliphatic carbocycles. The summed E-state index contributed by atoms with van der Waals surface area (Å²) in [7, 11) is 0. The Hall–Kier alpha value is -3.69. The van der Waals surface area contributed by atoms with Gasteiger partial charge >= 0.3 is 5.97 Å². The lowest BCUT2D eigenvalue weighted by Gasteiger charge is -2.12. The average Bonchev–Trinajstić information content (AvgIpc) is 2.79. The highest BCUT2D eigenvalue weighted by molar-refractivity contribution is 6.30. The highest BCUT2D eigenvalue weighted by Gasteiger charge is 2.17. The molecule has 0 saturated carbocycles. The molecule has 31 heavy (non-hydrogen) atoms. The number of nitrogens with zero attached hydrogens (tertiary/aromatic N) is 1. The van der Waals surface area contributed by atoms with Gasteiger partial charge in [0.05, 0.1) is 16.8 Å². The van der Waals surface area contributed by atoms with Gasteiger partial charge < -0.3 is 4.74 Å². The van der Waals surface area contributed by atoms with Gasteiger partial charge in [0.1, 0.15) is 5.75 Å². The minimum absolute atomic E-state index is 0.413. The van der Waals surface area contributed by atoms with E-state index < -0.39 is 5.97 Å². The predicted octanol–water partition coefficient (Wildman–Crippen LogP) is 7.24. The highest BCUT2D eigenvalue weighted by Crippen LogP contribution is 2.29. The number of halogens is 1. The highest BCUT2D eigenvalue weighted by atomic mass is 35.5. The molecule has 0 fully saturated rings. The zero-order chi connectivity index (χ0) is 21.4. The molecule has 1 heterocycles. The number of carbonyl (C=O) groups is 1. The van der Waals surface area contributed by atoms with E-state index in [9.17, 15) is 4.79 Å². The summed E-state index contributed by atoms with van der Waals surface area (Å²) in [6.45, 7) is 1.99. The first-order valence-electron chi connectivity index (χ1n) is 9.96. The number of ether oxygens (including phenoxy) is 1. The standard InChI is InChI=1S/C27H18ClNO2/c1-17-5-4-8-23-24(16-25(29-26(17)23)19-9-12-21(28)13-10-19)27(30)31-22-14-11-18-6-2-3-7-20(18)15-22/h2-16H,1H3. The van der Waals surface area contributed by atoms with E-state index in [2.05, 4.69) is 0 Å². The van der Waals surface area contributed by atoms with E-state index in [1.807, 2.05) is 91.9 Å². The fraction of sp³-hybridized carbons (Fsp3) is 0.0370. The molecule has 0 radical (unpaired) electrons. The zero-order valence-corrected chi connectivity index (χ0v) is 17.6. The molecule has 1 aromatic heterocycles. The number of benzene rings is 4. The molecule has 0 amide bonds. The van der Waals surface area contributed by atoms with Gasteiger partial charge in [0.15, 0.2) is 0 Å². The second-order valence-corrected chi connectivity index (χ2v) is 7.87. The van der Waals surface area contributed by atoms with Gasteiger partial charge in [-0.15, -0.1) is 0 Å². The van der Waals surface area contributed by atoms with Crippen molar-refractivity contribution in [3.8, 4) is 17.0 Å². The molecule has 4 heteroatoms. The third kappa shape index (κ3) is 3.76. The molecular formula is C27H18ClNO2. The maximum atomic E-state index is 13.2. The van der Waals surface area contributed by atoms with Crippen LogP contribution in [0.3, 0.4) is 0 Å². The van der Waals surface area contributed by atoms with Gasteiger partial charge in [0, 0.05) is 16.0 Å². The molecule has 0 aliphatic rings. The molecule has 0 atom stereocenters. The second-order valence-electron chi connectivity index (χ2n) is 7.43. The van der Waals surface area contributed by atoms with Crippen LogP contribution in [0.1, 0.15) is 15.9 Å². The Morgan fingerprint density at radius 2 is 1.61 bits per heavy atom. The summed E-state index contributed by atoms with van der Waals surface area (Å²) in [5.41, 5.74) is 3.83. The van der Waals surface area contributed by atoms with Gasteiger partial charge in [0.2, 0.25) is 0 Å². The number of fused-ring (bicyclic) bond motifs is 2. The molecule has 0 saturated heterocycles. The molecule has 0 aliphatic heterocycles. The van der Waals surface area contributed by atoms with Crippen LogP contribution in [0.15, 0.2) is 91.0 Å². The van der Waals surface area contributed by atoms with Crippen molar-refractivity contribution in [2.45, 2.75) is 6.92 Å². The zero-order valence-electron chi connectivity index (χ0n) is 16.8. The SMILES string of the molecule is Cc1cccc2c(C(=O)Oc3ccc4ccccc4c3)cc(-c3ccc(Cl)cc3)nc12. The van der Waals surface area contributed by atoms with Gasteiger partial charge in [-0.1, -0.05) is 72.3 Å². The number of hydrogen-bond donors (Lipinski definition) is 0. The predicted molar refractivity (Wildman–Crippen MR) is 126 cm³/mol. The Morgan fingerprint density at radius 3 is 2.42 bits per heavy atom. The number of esters is 1. The Kier molecular flexibility index (Phi) is 4.89. The van der Waals surface area contributed by atoms with E-state index in [1.54, 1.807) is 6.07 Å². The summed E-state index contributed by atoms with van der Waals surface area (Å²) < 4.78 is 5.78. The Labute approximate surface area is 184 Å². The lowest BCUT2D eigenvalue weighted by atomic mass is 10.0. The maximum Gasteiger partial charge on any atom is 0.344 e. The number of hydrogen-bond acceptors (Lipinski definition) is 3. The van der Waals surface area contributed by atoms with E-state index in [-0.39, 0.29) is 0 Å². The van der Waals surface area contributed by atoms with Crippen molar-refractivity contribution < 1.29 is 9.53 Å². The van der Waals surface area contributed by atoms with Crippen LogP contribution in [-0.2, 0) is 0 Å². The Morgan fingerprint density at radius 1 is 0.839 bits per heavy atom. The number of rotatable bonds is 3. The normalized spacial score (nSPS) is 11.0. The van der Waals surface area contributed by atoms with Crippen molar-refractivity contribution >= 4 is 39.2 Å². The van der Waals surface area contributed by atoms with Gasteiger partial charge in [0.25, 0.3) is 0 Å². The Balaban J connectivity index is 1.60. The molecular weight excluding hydrogens is 406 g/mol. The van der Waals surface area contributed by atoms with Gasteiger partial charge in [-0.25, -0.2) is 9.78 Å². The third-order valence-corrected chi connectivity index (χ3v) is 5.58. The number of carbonyl (C=O) groups excluding carboxylic acids is 1. The number of para-hydroxylation sites is 1. The van der Waals surface area contributed by atoms with Crippen LogP contribution in [0, 0.1) is 6.92 Å². The summed E-state index contributed by atoms with van der Waals surface area (Å²) in [5, 5.41) is 3.53. The number of aromatic nitrogens is 1. The van der Waals surface area contributed by atoms with Crippen LogP contribution in [0.2, 0.25) is 5.02 Å². The van der Waals surface area contributed by atoms with Crippen molar-refractivity contribution in [2.75, 3.05) is 0 Å². The first-order valence-corrected chi connectivity index (χ1v) is 10.3. The topological polar surface area (TPSA) is 39.2 Å². The fourth-order valence-electron chi connectivity index (χ4n) is 3.72. The molecule has 0 bridgehead atoms. The van der Waals surface area contributed by atoms with E-state index in [4.69, 9.17) is 21.3 Å². The average molecular weight is 424 g/mol. The lowest BCUT2D eigenvalue weighted by Crippen LogP contribution is -2.10. The van der Waals surface area contributed by atoms with Gasteiger partial charge in [-0.3, -0.25) is 0 Å². The minimum atomic E-state index is -0.413. The summed E-state index contributed by atoms with van der Waals surface area (Å²) in [5.74, 6) is 0.0952. The maximum absolute atomic E-state index is 13.2. The summed E-state index contributed by atoms with van der Waals surface area (Å²) in [6.07, 6.45) is 0. The first-order chi connectivity index (χ1) is 15.1. The van der Waals surface area contributed by atoms with Gasteiger partial charge in [-0.05, 0) is 53.6 Å². The van der Waals surface area contributed by atoms with E-state index >= 15 is 0 Å². The van der Waals surface area contributed by atoms with Crippen LogP contribution in [0.5, 0.6) is 5.75 Å². The van der Waals surface area contributed by atoms with E-state index in [1.165, 1.54) is 0 Å². The first kappa shape index (κ1) is 19.3. The molecule has 5 aromatic rings. The van der Waals surface area contributed by atoms with Crippen LogP contribution in [-0.4, -0.2) is 11.0 Å². The van der Waals surface area contributed by atoms with Crippen molar-refractivity contribution in [2.24, 2.45) is 0 Å². The van der Waals surface area contributed by atoms with Crippen LogP contribution < -0.4 is 4.74 Å². The Bertz CT molecular complexity index is 1440. The minimum Gasteiger partial charge on any atom is -0.423 e. The van der Waals surface area contributed by atoms with Crippen molar-refractivity contribution in [3.05, 3.63) is 107 Å². The molecule has 0 N–H and O–H groups in total. The summed E-state index contributed by atoms with van der Waals surface area (Å²) in [6, 6.07) is 28.6. The second kappa shape index (κ2) is 7.86. The molecule has 5 rings (SSSR count). The fourth-order valence-corrected chi connectivity index (χ4v) is 3.85. The van der Waals surface area contributed by atoms with E-state index in [0.717, 1.165) is 32.8 Å². The largest absolute Gasteiger partial charge is 0.423 e. The molecule has 0 spiro atoms. The van der Waals surface area contributed by atoms with Crippen molar-refractivity contribution in [3.63, 3.8) is 0 Å². The summed E-state index contributed by atoms with van der Waals surface area (Å²) >= 11 is 6.04. The van der Waals surface area contributed by atoms with Crippen LogP contribution >= 0.6 is 11.6 Å². The molecule has 3 nitrogen and oxygen atoms in total. The van der Waals surface area contributed by atoms with Gasteiger partial charge in [-0.2, -0.15) is 0 Å². The monoisotopic (exact) mass is 423 g/mol. The summed E-state index contributed by atoms with van der Waals surface area (Å²) in [4.78, 5) is 18.1. The van der Waals surface area contributed by atoms with Crippen LogP contribution in [0.4, 0.5) is 0 Å². The molecule has 0 unspecified atom stereocenters. The van der Waals surface area contributed by atoms with Crippen molar-refractivity contribution in [1.82, 2.24) is 4.98 Å². The number of pyridine rings is 1. The van der Waals surface area contributed by atoms with E-state index in [0.29, 0.717) is 22.0 Å².